The summed E-state index contributed by atoms with van der Waals surface area (Å²) >= 11 is 1.32. The monoisotopic (exact) mass is 370 g/mol. The number of H-pyrrole nitrogens is 1. The molecule has 8 heteroatoms. The molecule has 134 valence electrons. The number of anilines is 2. The number of rotatable bonds is 5. The van der Waals surface area contributed by atoms with E-state index in [2.05, 4.69) is 20.0 Å². The minimum Gasteiger partial charge on any atom is -0.464 e. The minimum atomic E-state index is -0.444. The third kappa shape index (κ3) is 3.75. The quantitative estimate of drug-likeness (QED) is 0.673. The molecule has 1 amide bonds. The topological polar surface area (TPSA) is 87.3 Å². The van der Waals surface area contributed by atoms with Crippen LogP contribution in [0.5, 0.6) is 0 Å². The number of hydrogen-bond acceptors (Lipinski definition) is 6. The number of methoxy groups -OCH3 is 1. The lowest BCUT2D eigenvalue weighted by atomic mass is 10.2. The van der Waals surface area contributed by atoms with Crippen molar-refractivity contribution in [2.24, 2.45) is 0 Å². The predicted octanol–water partition coefficient (Wildman–Crippen LogP) is 3.24. The van der Waals surface area contributed by atoms with E-state index in [1.165, 1.54) is 18.4 Å². The fourth-order valence-corrected chi connectivity index (χ4v) is 3.04. The standard InChI is InChI=1S/C18H18N4O3S/c1-22(2)13-6-4-5-11(7-13)16(23)21-18-20-15(10-26-18)12-8-14(19-9-12)17(24)25-3/h4-10,19H,1-3H3,(H,20,21,23). The zero-order valence-electron chi connectivity index (χ0n) is 14.6. The van der Waals surface area contributed by atoms with Crippen LogP contribution in [0.25, 0.3) is 11.3 Å². The summed E-state index contributed by atoms with van der Waals surface area (Å²) in [4.78, 5) is 33.1. The van der Waals surface area contributed by atoms with Crippen molar-refractivity contribution in [3.05, 3.63) is 53.2 Å². The number of benzene rings is 1. The van der Waals surface area contributed by atoms with Gasteiger partial charge in [-0.15, -0.1) is 11.3 Å². The molecule has 0 aliphatic heterocycles. The van der Waals surface area contributed by atoms with E-state index in [-0.39, 0.29) is 5.91 Å². The molecular formula is C18H18N4O3S. The molecule has 0 bridgehead atoms. The average molecular weight is 370 g/mol. The normalized spacial score (nSPS) is 10.4. The molecule has 0 radical (unpaired) electrons. The van der Waals surface area contributed by atoms with Crippen molar-refractivity contribution in [2.75, 3.05) is 31.4 Å². The maximum Gasteiger partial charge on any atom is 0.354 e. The van der Waals surface area contributed by atoms with Crippen LogP contribution in [0, 0.1) is 0 Å². The van der Waals surface area contributed by atoms with Gasteiger partial charge in [-0.3, -0.25) is 10.1 Å². The summed E-state index contributed by atoms with van der Waals surface area (Å²) in [6, 6.07) is 9.01. The number of aromatic amines is 1. The lowest BCUT2D eigenvalue weighted by molar-refractivity contribution is 0.0594. The van der Waals surface area contributed by atoms with Gasteiger partial charge in [-0.2, -0.15) is 0 Å². The first-order valence-electron chi connectivity index (χ1n) is 7.79. The van der Waals surface area contributed by atoms with E-state index in [0.717, 1.165) is 11.3 Å². The molecule has 0 fully saturated rings. The van der Waals surface area contributed by atoms with Crippen molar-refractivity contribution >= 4 is 34.0 Å². The van der Waals surface area contributed by atoms with Crippen LogP contribution in [0.15, 0.2) is 41.9 Å². The number of thiazole rings is 1. The highest BCUT2D eigenvalue weighted by molar-refractivity contribution is 7.14. The Morgan fingerprint density at radius 1 is 1.27 bits per heavy atom. The number of nitrogens with one attached hydrogen (secondary N) is 2. The van der Waals surface area contributed by atoms with Crippen molar-refractivity contribution in [2.45, 2.75) is 0 Å². The zero-order chi connectivity index (χ0) is 18.7. The summed E-state index contributed by atoms with van der Waals surface area (Å²) < 4.78 is 4.67. The van der Waals surface area contributed by atoms with Gasteiger partial charge >= 0.3 is 5.97 Å². The predicted molar refractivity (Wildman–Crippen MR) is 102 cm³/mol. The number of nitrogens with zero attached hydrogens (tertiary/aromatic N) is 2. The third-order valence-corrected chi connectivity index (χ3v) is 4.49. The first-order chi connectivity index (χ1) is 12.5. The van der Waals surface area contributed by atoms with Gasteiger partial charge in [0.15, 0.2) is 5.13 Å². The molecule has 3 rings (SSSR count). The number of amides is 1. The summed E-state index contributed by atoms with van der Waals surface area (Å²) in [7, 11) is 5.16. The molecule has 2 heterocycles. The van der Waals surface area contributed by atoms with E-state index in [1.54, 1.807) is 18.3 Å². The van der Waals surface area contributed by atoms with Crippen molar-refractivity contribution < 1.29 is 14.3 Å². The molecule has 0 atom stereocenters. The Labute approximate surface area is 154 Å². The van der Waals surface area contributed by atoms with E-state index in [1.807, 2.05) is 42.6 Å². The average Bonchev–Trinajstić information content (AvgIpc) is 3.30. The van der Waals surface area contributed by atoms with E-state index in [0.29, 0.717) is 22.1 Å². The van der Waals surface area contributed by atoms with E-state index >= 15 is 0 Å². The Balaban J connectivity index is 1.74. The maximum atomic E-state index is 12.4. The molecule has 0 aliphatic carbocycles. The number of ether oxygens (including phenoxy) is 1. The van der Waals surface area contributed by atoms with Gasteiger partial charge in [0.1, 0.15) is 5.69 Å². The molecule has 0 aliphatic rings. The summed E-state index contributed by atoms with van der Waals surface area (Å²) in [5, 5.41) is 5.11. The Morgan fingerprint density at radius 3 is 2.81 bits per heavy atom. The highest BCUT2D eigenvalue weighted by atomic mass is 32.1. The van der Waals surface area contributed by atoms with Crippen LogP contribution >= 0.6 is 11.3 Å². The van der Waals surface area contributed by atoms with Crippen molar-refractivity contribution in [3.63, 3.8) is 0 Å². The molecule has 3 aromatic rings. The zero-order valence-corrected chi connectivity index (χ0v) is 15.4. The summed E-state index contributed by atoms with van der Waals surface area (Å²) in [6.07, 6.45) is 1.67. The van der Waals surface area contributed by atoms with Gasteiger partial charge in [-0.05, 0) is 24.3 Å². The van der Waals surface area contributed by atoms with Gasteiger partial charge in [0.05, 0.1) is 12.8 Å². The van der Waals surface area contributed by atoms with Crippen LogP contribution in [-0.2, 0) is 4.74 Å². The first-order valence-corrected chi connectivity index (χ1v) is 8.67. The van der Waals surface area contributed by atoms with E-state index < -0.39 is 5.97 Å². The number of esters is 1. The number of carbonyl (C=O) groups excluding carboxylic acids is 2. The molecule has 0 saturated carbocycles. The van der Waals surface area contributed by atoms with Gasteiger partial charge in [0.25, 0.3) is 5.91 Å². The van der Waals surface area contributed by atoms with Crippen LogP contribution in [0.4, 0.5) is 10.8 Å². The molecule has 26 heavy (non-hydrogen) atoms. The number of aromatic nitrogens is 2. The fraction of sp³-hybridized carbons (Fsp3) is 0.167. The summed E-state index contributed by atoms with van der Waals surface area (Å²) in [6.45, 7) is 0. The Kier molecular flexibility index (Phi) is 5.04. The Hall–Kier alpha value is -3.13. The maximum absolute atomic E-state index is 12.4. The fourth-order valence-electron chi connectivity index (χ4n) is 2.33. The van der Waals surface area contributed by atoms with Gasteiger partial charge in [-0.1, -0.05) is 6.07 Å². The van der Waals surface area contributed by atoms with Crippen molar-refractivity contribution in [1.82, 2.24) is 9.97 Å². The second kappa shape index (κ2) is 7.40. The van der Waals surface area contributed by atoms with Crippen LogP contribution in [0.1, 0.15) is 20.8 Å². The van der Waals surface area contributed by atoms with Crippen LogP contribution in [0.2, 0.25) is 0 Å². The molecule has 7 nitrogen and oxygen atoms in total. The van der Waals surface area contributed by atoms with Crippen molar-refractivity contribution in [1.29, 1.82) is 0 Å². The van der Waals surface area contributed by atoms with Crippen LogP contribution in [-0.4, -0.2) is 43.0 Å². The summed E-state index contributed by atoms with van der Waals surface area (Å²) in [5.74, 6) is -0.667. The molecule has 0 unspecified atom stereocenters. The van der Waals surface area contributed by atoms with Crippen molar-refractivity contribution in [3.8, 4) is 11.3 Å². The van der Waals surface area contributed by atoms with Crippen LogP contribution in [0.3, 0.4) is 0 Å². The SMILES string of the molecule is COC(=O)c1cc(-c2csc(NC(=O)c3cccc(N(C)C)c3)n2)c[nH]1. The lowest BCUT2D eigenvalue weighted by Crippen LogP contribution is -2.14. The van der Waals surface area contributed by atoms with Gasteiger partial charge in [0.2, 0.25) is 0 Å². The number of carbonyl (C=O) groups is 2. The Morgan fingerprint density at radius 2 is 2.08 bits per heavy atom. The molecule has 0 spiro atoms. The molecule has 2 aromatic heterocycles. The van der Waals surface area contributed by atoms with Crippen LogP contribution < -0.4 is 10.2 Å². The molecule has 1 aromatic carbocycles. The highest BCUT2D eigenvalue weighted by Crippen LogP contribution is 2.26. The first kappa shape index (κ1) is 17.7. The van der Waals surface area contributed by atoms with Gasteiger partial charge in [-0.25, -0.2) is 9.78 Å². The molecular weight excluding hydrogens is 352 g/mol. The van der Waals surface area contributed by atoms with E-state index in [9.17, 15) is 9.59 Å². The second-order valence-corrected chi connectivity index (χ2v) is 6.59. The minimum absolute atomic E-state index is 0.223. The van der Waals surface area contributed by atoms with Gasteiger partial charge in [0, 0.05) is 42.5 Å². The highest BCUT2D eigenvalue weighted by Gasteiger charge is 2.14. The third-order valence-electron chi connectivity index (χ3n) is 3.73. The Bertz CT molecular complexity index is 945. The summed E-state index contributed by atoms with van der Waals surface area (Å²) in [5.41, 5.74) is 3.26. The molecule has 2 N–H and O–H groups in total. The smallest absolute Gasteiger partial charge is 0.354 e. The molecule has 0 saturated heterocycles. The second-order valence-electron chi connectivity index (χ2n) is 5.73. The lowest BCUT2D eigenvalue weighted by Gasteiger charge is -2.13. The number of hydrogen-bond donors (Lipinski definition) is 2. The van der Waals surface area contributed by atoms with E-state index in [4.69, 9.17) is 0 Å². The van der Waals surface area contributed by atoms with Gasteiger partial charge < -0.3 is 14.6 Å². The largest absolute Gasteiger partial charge is 0.464 e.